The SMILES string of the molecule is Cc1ccc(S(=O)(=O)N2CCC(C(=O)NCc3cccc(CN4CCOC(C)C4)c3)CC2)c(C)c1. The zero-order chi connectivity index (χ0) is 25.0. The lowest BCUT2D eigenvalue weighted by molar-refractivity contribution is -0.126. The molecule has 4 rings (SSSR count). The van der Waals surface area contributed by atoms with Gasteiger partial charge in [0.25, 0.3) is 0 Å². The van der Waals surface area contributed by atoms with E-state index in [1.54, 1.807) is 6.07 Å². The molecule has 2 heterocycles. The molecule has 0 aromatic heterocycles. The van der Waals surface area contributed by atoms with Crippen LogP contribution in [-0.4, -0.2) is 62.4 Å². The average Bonchev–Trinajstić information content (AvgIpc) is 2.82. The minimum absolute atomic E-state index is 0.000900. The number of nitrogens with zero attached hydrogens (tertiary/aromatic N) is 2. The van der Waals surface area contributed by atoms with E-state index < -0.39 is 10.0 Å². The number of carbonyl (C=O) groups excluding carboxylic acids is 1. The fourth-order valence-corrected chi connectivity index (χ4v) is 6.73. The molecule has 1 atom stereocenters. The highest BCUT2D eigenvalue weighted by Gasteiger charge is 2.32. The number of rotatable bonds is 7. The van der Waals surface area contributed by atoms with Crippen molar-refractivity contribution in [2.75, 3.05) is 32.8 Å². The van der Waals surface area contributed by atoms with Gasteiger partial charge in [-0.2, -0.15) is 4.31 Å². The Balaban J connectivity index is 1.28. The van der Waals surface area contributed by atoms with Crippen LogP contribution in [0.2, 0.25) is 0 Å². The minimum Gasteiger partial charge on any atom is -0.376 e. The zero-order valence-corrected chi connectivity index (χ0v) is 21.8. The highest BCUT2D eigenvalue weighted by atomic mass is 32.2. The number of hydrogen-bond donors (Lipinski definition) is 1. The summed E-state index contributed by atoms with van der Waals surface area (Å²) in [5, 5.41) is 3.07. The second-order valence-electron chi connectivity index (χ2n) is 9.90. The highest BCUT2D eigenvalue weighted by molar-refractivity contribution is 7.89. The molecule has 2 aromatic rings. The molecule has 2 aliphatic rings. The smallest absolute Gasteiger partial charge is 0.243 e. The second kappa shape index (κ2) is 11.2. The maximum absolute atomic E-state index is 13.1. The summed E-state index contributed by atoms with van der Waals surface area (Å²) in [6.45, 7) is 10.6. The summed E-state index contributed by atoms with van der Waals surface area (Å²) in [5.41, 5.74) is 4.11. The lowest BCUT2D eigenvalue weighted by atomic mass is 9.97. The summed E-state index contributed by atoms with van der Waals surface area (Å²) in [6.07, 6.45) is 1.32. The van der Waals surface area contributed by atoms with Crippen LogP contribution in [0.25, 0.3) is 0 Å². The standard InChI is InChI=1S/C27H37N3O4S/c1-20-7-8-26(21(2)15-20)35(32,33)30-11-9-25(10-12-30)27(31)28-17-23-5-4-6-24(16-23)19-29-13-14-34-22(3)18-29/h4-8,15-16,22,25H,9-14,17-19H2,1-3H3,(H,28,31). The predicted molar refractivity (Wildman–Crippen MR) is 136 cm³/mol. The Bertz CT molecular complexity index is 1140. The van der Waals surface area contributed by atoms with Crippen LogP contribution >= 0.6 is 0 Å². The van der Waals surface area contributed by atoms with Crippen LogP contribution in [0.15, 0.2) is 47.4 Å². The molecule has 190 valence electrons. The molecule has 0 radical (unpaired) electrons. The van der Waals surface area contributed by atoms with Gasteiger partial charge in [0, 0.05) is 45.2 Å². The largest absolute Gasteiger partial charge is 0.376 e. The topological polar surface area (TPSA) is 79.0 Å². The number of sulfonamides is 1. The summed E-state index contributed by atoms with van der Waals surface area (Å²) >= 11 is 0. The first-order valence-corrected chi connectivity index (χ1v) is 13.9. The number of amides is 1. The van der Waals surface area contributed by atoms with Crippen molar-refractivity contribution < 1.29 is 17.9 Å². The molecule has 35 heavy (non-hydrogen) atoms. The van der Waals surface area contributed by atoms with E-state index in [4.69, 9.17) is 4.74 Å². The molecule has 8 heteroatoms. The first kappa shape index (κ1) is 25.8. The fourth-order valence-electron chi connectivity index (χ4n) is 5.05. The number of carbonyl (C=O) groups is 1. The van der Waals surface area contributed by atoms with E-state index in [0.29, 0.717) is 37.4 Å². The third-order valence-electron chi connectivity index (χ3n) is 6.96. The molecule has 2 aromatic carbocycles. The highest BCUT2D eigenvalue weighted by Crippen LogP contribution is 2.26. The van der Waals surface area contributed by atoms with Gasteiger partial charge in [-0.3, -0.25) is 9.69 Å². The van der Waals surface area contributed by atoms with E-state index in [-0.39, 0.29) is 17.9 Å². The van der Waals surface area contributed by atoms with Crippen LogP contribution in [-0.2, 0) is 32.6 Å². The number of ether oxygens (including phenoxy) is 1. The van der Waals surface area contributed by atoms with Crippen LogP contribution in [0.1, 0.15) is 42.0 Å². The van der Waals surface area contributed by atoms with Gasteiger partial charge in [0.05, 0.1) is 17.6 Å². The maximum Gasteiger partial charge on any atom is 0.243 e. The van der Waals surface area contributed by atoms with Gasteiger partial charge in [0.1, 0.15) is 0 Å². The van der Waals surface area contributed by atoms with Gasteiger partial charge in [-0.15, -0.1) is 0 Å². The molecular weight excluding hydrogens is 462 g/mol. The molecule has 0 bridgehead atoms. The number of hydrogen-bond acceptors (Lipinski definition) is 5. The van der Waals surface area contributed by atoms with Crippen LogP contribution < -0.4 is 5.32 Å². The van der Waals surface area contributed by atoms with Gasteiger partial charge < -0.3 is 10.1 Å². The summed E-state index contributed by atoms with van der Waals surface area (Å²) in [7, 11) is -3.54. The third kappa shape index (κ3) is 6.50. The fraction of sp³-hybridized carbons (Fsp3) is 0.519. The van der Waals surface area contributed by atoms with Crippen molar-refractivity contribution in [1.82, 2.24) is 14.5 Å². The second-order valence-corrected chi connectivity index (χ2v) is 11.8. The molecular formula is C27H37N3O4S. The van der Waals surface area contributed by atoms with E-state index in [2.05, 4.69) is 29.3 Å². The van der Waals surface area contributed by atoms with Gasteiger partial charge in [-0.25, -0.2) is 8.42 Å². The van der Waals surface area contributed by atoms with Gasteiger partial charge in [0.2, 0.25) is 15.9 Å². The first-order valence-electron chi connectivity index (χ1n) is 12.5. The maximum atomic E-state index is 13.1. The number of piperidine rings is 1. The normalized spacial score (nSPS) is 20.6. The Hall–Kier alpha value is -2.26. The van der Waals surface area contributed by atoms with Gasteiger partial charge in [-0.1, -0.05) is 42.0 Å². The molecule has 0 spiro atoms. The van der Waals surface area contributed by atoms with Gasteiger partial charge in [-0.05, 0) is 56.4 Å². The van der Waals surface area contributed by atoms with Crippen LogP contribution in [0, 0.1) is 19.8 Å². The quantitative estimate of drug-likeness (QED) is 0.633. The molecule has 1 unspecified atom stereocenters. The minimum atomic E-state index is -3.54. The lowest BCUT2D eigenvalue weighted by Gasteiger charge is -2.31. The van der Waals surface area contributed by atoms with E-state index in [0.717, 1.165) is 42.9 Å². The molecule has 2 fully saturated rings. The number of aryl methyl sites for hydroxylation is 2. The summed E-state index contributed by atoms with van der Waals surface area (Å²) in [4.78, 5) is 15.6. The van der Waals surface area contributed by atoms with Gasteiger partial charge >= 0.3 is 0 Å². The Morgan fingerprint density at radius 2 is 1.80 bits per heavy atom. The van der Waals surface area contributed by atoms with Crippen molar-refractivity contribution in [1.29, 1.82) is 0 Å². The van der Waals surface area contributed by atoms with Crippen LogP contribution in [0.3, 0.4) is 0 Å². The van der Waals surface area contributed by atoms with E-state index in [1.807, 2.05) is 38.1 Å². The number of benzene rings is 2. The molecule has 0 saturated carbocycles. The van der Waals surface area contributed by atoms with E-state index in [1.165, 1.54) is 9.87 Å². The van der Waals surface area contributed by atoms with Gasteiger partial charge in [0.15, 0.2) is 0 Å². The Labute approximate surface area is 209 Å². The number of morpholine rings is 1. The summed E-state index contributed by atoms with van der Waals surface area (Å²) < 4.78 is 33.4. The van der Waals surface area contributed by atoms with Crippen molar-refractivity contribution in [3.8, 4) is 0 Å². The van der Waals surface area contributed by atoms with Crippen molar-refractivity contribution in [2.45, 2.75) is 57.7 Å². The van der Waals surface area contributed by atoms with Crippen LogP contribution in [0.5, 0.6) is 0 Å². The average molecular weight is 500 g/mol. The summed E-state index contributed by atoms with van der Waals surface area (Å²) in [6, 6.07) is 13.8. The molecule has 0 aliphatic carbocycles. The lowest BCUT2D eigenvalue weighted by Crippen LogP contribution is -2.43. The number of nitrogens with one attached hydrogen (secondary N) is 1. The summed E-state index contributed by atoms with van der Waals surface area (Å²) in [5.74, 6) is -0.167. The van der Waals surface area contributed by atoms with E-state index in [9.17, 15) is 13.2 Å². The molecule has 2 saturated heterocycles. The van der Waals surface area contributed by atoms with Crippen molar-refractivity contribution in [3.05, 3.63) is 64.7 Å². The van der Waals surface area contributed by atoms with Crippen LogP contribution in [0.4, 0.5) is 0 Å². The third-order valence-corrected chi connectivity index (χ3v) is 9.02. The zero-order valence-electron chi connectivity index (χ0n) is 21.0. The molecule has 7 nitrogen and oxygen atoms in total. The Morgan fingerprint density at radius 1 is 1.06 bits per heavy atom. The predicted octanol–water partition coefficient (Wildman–Crippen LogP) is 3.24. The Kier molecular flexibility index (Phi) is 8.27. The molecule has 1 amide bonds. The van der Waals surface area contributed by atoms with E-state index >= 15 is 0 Å². The molecule has 2 aliphatic heterocycles. The first-order chi connectivity index (χ1) is 16.7. The van der Waals surface area contributed by atoms with Crippen molar-refractivity contribution in [2.24, 2.45) is 5.92 Å². The van der Waals surface area contributed by atoms with Crippen molar-refractivity contribution in [3.63, 3.8) is 0 Å². The van der Waals surface area contributed by atoms with Crippen molar-refractivity contribution >= 4 is 15.9 Å². The Morgan fingerprint density at radius 3 is 2.51 bits per heavy atom. The molecule has 1 N–H and O–H groups in total. The monoisotopic (exact) mass is 499 g/mol.